The lowest BCUT2D eigenvalue weighted by molar-refractivity contribution is -0.253. The standard InChI is InChI=1S/C36H44N2O7/c39-25-26-10-12-28(13-11-26)33-22-31(24-38-18-20-43-21-19-38)44-36(45-33)29-16-14-27(15-17-29)32-7-5-4-6-30(32)23-37-34(40)8-2-1-3-9-35(41)42/h4-7,10-17,31,33,36,39H,1-3,8-9,18-25H2,(H,37,40)(H,41,42). The predicted octanol–water partition coefficient (Wildman–Crippen LogP) is 5.37. The molecule has 9 nitrogen and oxygen atoms in total. The summed E-state index contributed by atoms with van der Waals surface area (Å²) >= 11 is 0. The van der Waals surface area contributed by atoms with Crippen LogP contribution in [0.2, 0.25) is 0 Å². The van der Waals surface area contributed by atoms with E-state index in [0.717, 1.165) is 79.1 Å². The summed E-state index contributed by atoms with van der Waals surface area (Å²) in [7, 11) is 0. The minimum absolute atomic E-state index is 0.00875. The Balaban J connectivity index is 1.24. The molecule has 0 aliphatic carbocycles. The van der Waals surface area contributed by atoms with Crippen LogP contribution in [0.4, 0.5) is 0 Å². The number of hydrogen-bond acceptors (Lipinski definition) is 7. The number of carboxylic acids is 1. The lowest BCUT2D eigenvalue weighted by Crippen LogP contribution is -2.44. The molecule has 2 heterocycles. The van der Waals surface area contributed by atoms with Gasteiger partial charge in [0.25, 0.3) is 0 Å². The highest BCUT2D eigenvalue weighted by molar-refractivity contribution is 5.76. The van der Waals surface area contributed by atoms with Crippen LogP contribution in [0, 0.1) is 0 Å². The number of morpholine rings is 1. The third-order valence-electron chi connectivity index (χ3n) is 8.46. The number of unbranched alkanes of at least 4 members (excludes halogenated alkanes) is 2. The molecule has 2 aliphatic heterocycles. The van der Waals surface area contributed by atoms with Crippen LogP contribution >= 0.6 is 0 Å². The van der Waals surface area contributed by atoms with Crippen molar-refractivity contribution >= 4 is 11.9 Å². The fourth-order valence-corrected chi connectivity index (χ4v) is 5.90. The van der Waals surface area contributed by atoms with Crippen molar-refractivity contribution in [2.45, 2.75) is 70.2 Å². The molecular formula is C36H44N2O7. The molecule has 45 heavy (non-hydrogen) atoms. The molecule has 1 amide bonds. The second-order valence-electron chi connectivity index (χ2n) is 11.8. The summed E-state index contributed by atoms with van der Waals surface area (Å²) in [6.07, 6.45) is 2.59. The quantitative estimate of drug-likeness (QED) is 0.207. The summed E-state index contributed by atoms with van der Waals surface area (Å²) < 4.78 is 18.6. The number of benzene rings is 3. The third kappa shape index (κ3) is 9.69. The number of carboxylic acid groups (broad SMARTS) is 1. The average molecular weight is 617 g/mol. The van der Waals surface area contributed by atoms with Gasteiger partial charge in [-0.1, -0.05) is 79.2 Å². The Hall–Kier alpha value is -3.60. The smallest absolute Gasteiger partial charge is 0.303 e. The average Bonchev–Trinajstić information content (AvgIpc) is 3.07. The summed E-state index contributed by atoms with van der Waals surface area (Å²) in [6.45, 7) is 4.49. The topological polar surface area (TPSA) is 118 Å². The van der Waals surface area contributed by atoms with E-state index in [-0.39, 0.29) is 31.1 Å². The first-order valence-electron chi connectivity index (χ1n) is 16.0. The molecule has 0 spiro atoms. The zero-order chi connectivity index (χ0) is 31.4. The van der Waals surface area contributed by atoms with E-state index in [2.05, 4.69) is 40.5 Å². The molecule has 0 aromatic heterocycles. The van der Waals surface area contributed by atoms with Crippen molar-refractivity contribution in [1.29, 1.82) is 0 Å². The molecule has 3 atom stereocenters. The summed E-state index contributed by atoms with van der Waals surface area (Å²) in [5.41, 5.74) is 5.98. The summed E-state index contributed by atoms with van der Waals surface area (Å²) in [6, 6.07) is 24.2. The number of amides is 1. The Morgan fingerprint density at radius 2 is 1.56 bits per heavy atom. The normalized spacial score (nSPS) is 20.5. The van der Waals surface area contributed by atoms with Gasteiger partial charge >= 0.3 is 5.97 Å². The fourth-order valence-electron chi connectivity index (χ4n) is 5.90. The number of carbonyl (C=O) groups is 2. The first-order chi connectivity index (χ1) is 22.0. The maximum atomic E-state index is 12.4. The maximum absolute atomic E-state index is 12.4. The molecule has 0 saturated carbocycles. The van der Waals surface area contributed by atoms with E-state index in [0.29, 0.717) is 25.8 Å². The molecule has 3 N–H and O–H groups in total. The fraction of sp³-hybridized carbons (Fsp3) is 0.444. The molecular weight excluding hydrogens is 572 g/mol. The SMILES string of the molecule is O=C(O)CCCCCC(=O)NCc1ccccc1-c1ccc(C2OC(CN3CCOCC3)CC(c3ccc(CO)cc3)O2)cc1. The Morgan fingerprint density at radius 1 is 0.844 bits per heavy atom. The van der Waals surface area contributed by atoms with E-state index < -0.39 is 12.3 Å². The second-order valence-corrected chi connectivity index (χ2v) is 11.8. The van der Waals surface area contributed by atoms with Crippen molar-refractivity contribution in [2.24, 2.45) is 0 Å². The molecule has 5 rings (SSSR count). The van der Waals surface area contributed by atoms with Gasteiger partial charge in [-0.3, -0.25) is 14.5 Å². The van der Waals surface area contributed by atoms with Crippen LogP contribution in [-0.2, 0) is 37.0 Å². The van der Waals surface area contributed by atoms with Gasteiger partial charge in [0.2, 0.25) is 5.91 Å². The Morgan fingerprint density at radius 3 is 2.29 bits per heavy atom. The van der Waals surface area contributed by atoms with Gasteiger partial charge in [-0.15, -0.1) is 0 Å². The van der Waals surface area contributed by atoms with Gasteiger partial charge in [0, 0.05) is 51.0 Å². The van der Waals surface area contributed by atoms with Gasteiger partial charge in [-0.25, -0.2) is 0 Å². The van der Waals surface area contributed by atoms with Crippen LogP contribution in [0.5, 0.6) is 0 Å². The van der Waals surface area contributed by atoms with Crippen molar-refractivity contribution in [2.75, 3.05) is 32.8 Å². The second kappa shape index (κ2) is 16.6. The molecule has 2 fully saturated rings. The van der Waals surface area contributed by atoms with Gasteiger partial charge in [0.15, 0.2) is 6.29 Å². The van der Waals surface area contributed by atoms with Crippen LogP contribution < -0.4 is 5.32 Å². The minimum atomic E-state index is -0.801. The lowest BCUT2D eigenvalue weighted by atomic mass is 9.97. The number of ether oxygens (including phenoxy) is 3. The number of aliphatic carboxylic acids is 1. The van der Waals surface area contributed by atoms with E-state index in [1.54, 1.807) is 0 Å². The highest BCUT2D eigenvalue weighted by atomic mass is 16.7. The van der Waals surface area contributed by atoms with Crippen LogP contribution in [0.15, 0.2) is 72.8 Å². The molecule has 240 valence electrons. The molecule has 3 aromatic carbocycles. The van der Waals surface area contributed by atoms with Crippen molar-refractivity contribution in [3.05, 3.63) is 95.1 Å². The van der Waals surface area contributed by atoms with E-state index in [1.165, 1.54) is 0 Å². The number of carbonyl (C=O) groups excluding carboxylic acids is 1. The van der Waals surface area contributed by atoms with E-state index in [9.17, 15) is 14.7 Å². The van der Waals surface area contributed by atoms with Crippen LogP contribution in [-0.4, -0.2) is 65.9 Å². The largest absolute Gasteiger partial charge is 0.481 e. The van der Waals surface area contributed by atoms with E-state index >= 15 is 0 Å². The Kier molecular flexibility index (Phi) is 12.1. The van der Waals surface area contributed by atoms with Crippen molar-refractivity contribution in [3.63, 3.8) is 0 Å². The zero-order valence-corrected chi connectivity index (χ0v) is 25.7. The predicted molar refractivity (Wildman–Crippen MR) is 170 cm³/mol. The highest BCUT2D eigenvalue weighted by Gasteiger charge is 2.33. The van der Waals surface area contributed by atoms with Crippen molar-refractivity contribution < 1.29 is 34.0 Å². The first kappa shape index (κ1) is 32.8. The molecule has 0 radical (unpaired) electrons. The van der Waals surface area contributed by atoms with Gasteiger partial charge in [0.05, 0.1) is 32.0 Å². The van der Waals surface area contributed by atoms with Gasteiger partial charge in [-0.05, 0) is 40.7 Å². The highest BCUT2D eigenvalue weighted by Crippen LogP contribution is 2.39. The van der Waals surface area contributed by atoms with E-state index in [1.807, 2.05) is 42.5 Å². The van der Waals surface area contributed by atoms with Gasteiger partial charge < -0.3 is 29.7 Å². The molecule has 0 bridgehead atoms. The minimum Gasteiger partial charge on any atom is -0.481 e. The zero-order valence-electron chi connectivity index (χ0n) is 25.7. The molecule has 2 aliphatic rings. The third-order valence-corrected chi connectivity index (χ3v) is 8.46. The monoisotopic (exact) mass is 616 g/mol. The van der Waals surface area contributed by atoms with Crippen LogP contribution in [0.3, 0.4) is 0 Å². The molecule has 3 unspecified atom stereocenters. The van der Waals surface area contributed by atoms with Gasteiger partial charge in [0.1, 0.15) is 0 Å². The van der Waals surface area contributed by atoms with Crippen molar-refractivity contribution in [1.82, 2.24) is 10.2 Å². The maximum Gasteiger partial charge on any atom is 0.303 e. The number of nitrogens with zero attached hydrogens (tertiary/aromatic N) is 1. The molecule has 3 aromatic rings. The van der Waals surface area contributed by atoms with Crippen LogP contribution in [0.25, 0.3) is 11.1 Å². The lowest BCUT2D eigenvalue weighted by Gasteiger charge is -2.39. The number of nitrogens with one attached hydrogen (secondary N) is 1. The summed E-state index contributed by atoms with van der Waals surface area (Å²) in [5, 5.41) is 21.3. The summed E-state index contributed by atoms with van der Waals surface area (Å²) in [5.74, 6) is -0.834. The number of aliphatic hydroxyl groups excluding tert-OH is 1. The van der Waals surface area contributed by atoms with Crippen molar-refractivity contribution in [3.8, 4) is 11.1 Å². The first-order valence-corrected chi connectivity index (χ1v) is 16.0. The number of hydrogen-bond donors (Lipinski definition) is 3. The van der Waals surface area contributed by atoms with Crippen LogP contribution in [0.1, 0.15) is 73.2 Å². The Bertz CT molecular complexity index is 1370. The molecule has 9 heteroatoms. The van der Waals surface area contributed by atoms with Gasteiger partial charge in [-0.2, -0.15) is 0 Å². The number of rotatable bonds is 14. The Labute approximate surface area is 265 Å². The van der Waals surface area contributed by atoms with E-state index in [4.69, 9.17) is 19.3 Å². The molecule has 2 saturated heterocycles. The number of aliphatic hydroxyl groups is 1. The summed E-state index contributed by atoms with van der Waals surface area (Å²) in [4.78, 5) is 25.5.